The molecule has 1 aromatic rings. The second-order valence-corrected chi connectivity index (χ2v) is 9.45. The lowest BCUT2D eigenvalue weighted by atomic mass is 9.83. The lowest BCUT2D eigenvalue weighted by molar-refractivity contribution is -0.137. The Hall–Kier alpha value is -1.96. The number of aliphatic carboxylic acids is 1. The minimum atomic E-state index is -3.58. The minimum Gasteiger partial charge on any atom is -0.481 e. The fraction of sp³-hybridized carbons (Fsp3) is 0.500. The summed E-state index contributed by atoms with van der Waals surface area (Å²) in [6, 6.07) is 7.44. The van der Waals surface area contributed by atoms with Crippen LogP contribution in [0.3, 0.4) is 0 Å². The highest BCUT2D eigenvalue weighted by Crippen LogP contribution is 2.41. The predicted octanol–water partition coefficient (Wildman–Crippen LogP) is 3.63. The van der Waals surface area contributed by atoms with E-state index in [2.05, 4.69) is 4.72 Å². The number of carboxylic acids is 1. The first-order chi connectivity index (χ1) is 13.8. The van der Waals surface area contributed by atoms with Gasteiger partial charge in [0.2, 0.25) is 10.0 Å². The van der Waals surface area contributed by atoms with Gasteiger partial charge in [-0.1, -0.05) is 42.0 Å². The Morgan fingerprint density at radius 2 is 1.93 bits per heavy atom. The normalized spacial score (nSPS) is 26.7. The van der Waals surface area contributed by atoms with Crippen LogP contribution in [0.5, 0.6) is 0 Å². The van der Waals surface area contributed by atoms with E-state index in [1.54, 1.807) is 6.08 Å². The SMILES string of the molecule is Cc1ccc(/C=C/S(=O)(=O)NC2C3CCC(O3)C2C/C=C/CCCC(=O)O)cc1. The summed E-state index contributed by atoms with van der Waals surface area (Å²) >= 11 is 0. The molecule has 2 N–H and O–H groups in total. The number of fused-ring (bicyclic) bond motifs is 2. The number of hydrogen-bond donors (Lipinski definition) is 2. The summed E-state index contributed by atoms with van der Waals surface area (Å²) in [6.45, 7) is 1.99. The number of sulfonamides is 1. The maximum Gasteiger partial charge on any atom is 0.303 e. The Kier molecular flexibility index (Phi) is 7.27. The molecule has 4 unspecified atom stereocenters. The number of allylic oxidation sites excluding steroid dienone is 2. The van der Waals surface area contributed by atoms with E-state index in [0.717, 1.165) is 30.4 Å². The van der Waals surface area contributed by atoms with Gasteiger partial charge in [-0.25, -0.2) is 13.1 Å². The third kappa shape index (κ3) is 6.26. The van der Waals surface area contributed by atoms with E-state index in [-0.39, 0.29) is 30.6 Å². The summed E-state index contributed by atoms with van der Waals surface area (Å²) < 4.78 is 34.0. The average molecular weight is 420 g/mol. The Labute approximate surface area is 172 Å². The quantitative estimate of drug-likeness (QED) is 0.446. The van der Waals surface area contributed by atoms with Gasteiger partial charge < -0.3 is 9.84 Å². The van der Waals surface area contributed by atoms with E-state index in [1.807, 2.05) is 43.3 Å². The maximum atomic E-state index is 12.6. The molecule has 0 aromatic heterocycles. The van der Waals surface area contributed by atoms with E-state index in [4.69, 9.17) is 9.84 Å². The van der Waals surface area contributed by atoms with Crippen molar-refractivity contribution in [3.05, 3.63) is 53.0 Å². The molecule has 2 aliphatic heterocycles. The molecule has 0 radical (unpaired) electrons. The molecule has 0 amide bonds. The number of nitrogens with one attached hydrogen (secondary N) is 1. The topological polar surface area (TPSA) is 92.7 Å². The van der Waals surface area contributed by atoms with Gasteiger partial charge in [0.05, 0.1) is 18.2 Å². The molecule has 4 atom stereocenters. The summed E-state index contributed by atoms with van der Waals surface area (Å²) in [6.07, 6.45) is 9.66. The van der Waals surface area contributed by atoms with Crippen molar-refractivity contribution in [2.75, 3.05) is 0 Å². The number of hydrogen-bond acceptors (Lipinski definition) is 4. The van der Waals surface area contributed by atoms with Crippen molar-refractivity contribution in [3.63, 3.8) is 0 Å². The van der Waals surface area contributed by atoms with Crippen molar-refractivity contribution >= 4 is 22.1 Å². The van der Waals surface area contributed by atoms with E-state index >= 15 is 0 Å². The Bertz CT molecular complexity index is 860. The number of benzene rings is 1. The van der Waals surface area contributed by atoms with Gasteiger partial charge in [-0.2, -0.15) is 0 Å². The molecule has 0 aliphatic carbocycles. The summed E-state index contributed by atoms with van der Waals surface area (Å²) in [7, 11) is -3.58. The second kappa shape index (κ2) is 9.69. The largest absolute Gasteiger partial charge is 0.481 e. The van der Waals surface area contributed by atoms with E-state index < -0.39 is 16.0 Å². The fourth-order valence-electron chi connectivity index (χ4n) is 4.05. The third-order valence-electron chi connectivity index (χ3n) is 5.58. The van der Waals surface area contributed by atoms with E-state index in [9.17, 15) is 13.2 Å². The summed E-state index contributed by atoms with van der Waals surface area (Å²) in [5.74, 6) is -0.680. The minimum absolute atomic E-state index is 0.0760. The molecule has 0 spiro atoms. The van der Waals surface area contributed by atoms with Gasteiger partial charge in [0.25, 0.3) is 0 Å². The molecule has 2 fully saturated rings. The lowest BCUT2D eigenvalue weighted by Gasteiger charge is -2.27. The number of carbonyl (C=O) groups is 1. The highest BCUT2D eigenvalue weighted by atomic mass is 32.2. The molecular weight excluding hydrogens is 390 g/mol. The molecule has 6 nitrogen and oxygen atoms in total. The second-order valence-electron chi connectivity index (χ2n) is 7.85. The molecule has 2 heterocycles. The highest BCUT2D eigenvalue weighted by Gasteiger charge is 2.49. The Morgan fingerprint density at radius 1 is 1.21 bits per heavy atom. The Balaban J connectivity index is 1.58. The zero-order chi connectivity index (χ0) is 20.9. The van der Waals surface area contributed by atoms with Gasteiger partial charge in [-0.3, -0.25) is 4.79 Å². The lowest BCUT2D eigenvalue weighted by Crippen LogP contribution is -2.46. The third-order valence-corrected chi connectivity index (χ3v) is 6.67. The van der Waals surface area contributed by atoms with Gasteiger partial charge in [0.15, 0.2) is 0 Å². The first kappa shape index (κ1) is 21.7. The van der Waals surface area contributed by atoms with Gasteiger partial charge in [-0.05, 0) is 50.7 Å². The molecule has 2 bridgehead atoms. The first-order valence-corrected chi connectivity index (χ1v) is 11.7. The van der Waals surface area contributed by atoms with E-state index in [1.165, 1.54) is 5.41 Å². The van der Waals surface area contributed by atoms with Crippen molar-refractivity contribution in [1.82, 2.24) is 4.72 Å². The van der Waals surface area contributed by atoms with Crippen LogP contribution in [0.4, 0.5) is 0 Å². The summed E-state index contributed by atoms with van der Waals surface area (Å²) in [5, 5.41) is 9.90. The molecule has 2 aliphatic rings. The zero-order valence-corrected chi connectivity index (χ0v) is 17.5. The van der Waals surface area contributed by atoms with Gasteiger partial charge >= 0.3 is 5.97 Å². The number of unbranched alkanes of at least 4 members (excludes halogenated alkanes) is 1. The molecule has 2 saturated heterocycles. The molecule has 7 heteroatoms. The maximum absolute atomic E-state index is 12.6. The van der Waals surface area contributed by atoms with Crippen LogP contribution in [-0.2, 0) is 19.6 Å². The van der Waals surface area contributed by atoms with Crippen LogP contribution in [-0.4, -0.2) is 37.7 Å². The number of ether oxygens (including phenoxy) is 1. The molecule has 1 aromatic carbocycles. The van der Waals surface area contributed by atoms with Crippen LogP contribution in [0.1, 0.15) is 49.7 Å². The van der Waals surface area contributed by atoms with Crippen LogP contribution in [0.2, 0.25) is 0 Å². The van der Waals surface area contributed by atoms with Gasteiger partial charge in [-0.15, -0.1) is 0 Å². The number of aryl methyl sites for hydroxylation is 1. The van der Waals surface area contributed by atoms with Crippen molar-refractivity contribution in [1.29, 1.82) is 0 Å². The van der Waals surface area contributed by atoms with Gasteiger partial charge in [0, 0.05) is 17.7 Å². The van der Waals surface area contributed by atoms with Crippen molar-refractivity contribution in [3.8, 4) is 0 Å². The standard InChI is InChI=1S/C22H29NO5S/c1-16-8-10-17(11-9-16)14-15-29(26,27)23-22-18(19-12-13-20(22)28-19)6-4-2-3-5-7-21(24)25/h2,4,8-11,14-15,18-20,22-23H,3,5-7,12-13H2,1H3,(H,24,25)/b4-2+,15-14+. The Morgan fingerprint density at radius 3 is 2.66 bits per heavy atom. The smallest absolute Gasteiger partial charge is 0.303 e. The van der Waals surface area contributed by atoms with Crippen LogP contribution in [0.15, 0.2) is 41.8 Å². The number of carboxylic acid groups (broad SMARTS) is 1. The van der Waals surface area contributed by atoms with Crippen LogP contribution >= 0.6 is 0 Å². The van der Waals surface area contributed by atoms with Crippen molar-refractivity contribution in [2.24, 2.45) is 5.92 Å². The average Bonchev–Trinajstić information content (AvgIpc) is 3.26. The monoisotopic (exact) mass is 419 g/mol. The van der Waals surface area contributed by atoms with Crippen LogP contribution < -0.4 is 4.72 Å². The van der Waals surface area contributed by atoms with Crippen molar-refractivity contribution < 1.29 is 23.1 Å². The zero-order valence-electron chi connectivity index (χ0n) is 16.7. The summed E-state index contributed by atoms with van der Waals surface area (Å²) in [4.78, 5) is 10.6. The van der Waals surface area contributed by atoms with Crippen LogP contribution in [0.25, 0.3) is 6.08 Å². The van der Waals surface area contributed by atoms with Gasteiger partial charge in [0.1, 0.15) is 0 Å². The predicted molar refractivity (Wildman–Crippen MR) is 113 cm³/mol. The number of rotatable bonds is 10. The molecular formula is C22H29NO5S. The molecule has 158 valence electrons. The highest BCUT2D eigenvalue weighted by molar-refractivity contribution is 7.92. The van der Waals surface area contributed by atoms with E-state index in [0.29, 0.717) is 12.8 Å². The molecule has 3 rings (SSSR count). The molecule has 0 saturated carbocycles. The van der Waals surface area contributed by atoms with Crippen LogP contribution in [0, 0.1) is 12.8 Å². The first-order valence-electron chi connectivity index (χ1n) is 10.1. The molecule has 29 heavy (non-hydrogen) atoms. The fourth-order valence-corrected chi connectivity index (χ4v) is 5.17. The summed E-state index contributed by atoms with van der Waals surface area (Å²) in [5.41, 5.74) is 1.96. The van der Waals surface area contributed by atoms with Crippen molar-refractivity contribution in [2.45, 2.75) is 63.7 Å².